The largest absolute Gasteiger partial charge is 0.368 e. The van der Waals surface area contributed by atoms with Crippen molar-refractivity contribution in [2.75, 3.05) is 17.2 Å². The summed E-state index contributed by atoms with van der Waals surface area (Å²) in [5, 5.41) is 11.9. The van der Waals surface area contributed by atoms with Crippen LogP contribution in [0.3, 0.4) is 0 Å². The van der Waals surface area contributed by atoms with E-state index in [1.807, 2.05) is 11.8 Å². The maximum absolute atomic E-state index is 14.1. The first kappa shape index (κ1) is 23.1. The van der Waals surface area contributed by atoms with Crippen LogP contribution in [0, 0.1) is 28.9 Å². The average Bonchev–Trinajstić information content (AvgIpc) is 2.83. The number of nitrogens with two attached hydrogens (primary N) is 1. The number of piperidine rings is 1. The van der Waals surface area contributed by atoms with E-state index in [4.69, 9.17) is 11.0 Å². The summed E-state index contributed by atoms with van der Waals surface area (Å²) < 4.78 is 27.2. The second-order valence-electron chi connectivity index (χ2n) is 8.40. The van der Waals surface area contributed by atoms with Crippen LogP contribution < -0.4 is 16.0 Å². The van der Waals surface area contributed by atoms with Gasteiger partial charge in [0, 0.05) is 30.8 Å². The van der Waals surface area contributed by atoms with Gasteiger partial charge < -0.3 is 16.0 Å². The van der Waals surface area contributed by atoms with Crippen molar-refractivity contribution in [3.8, 4) is 17.3 Å². The minimum Gasteiger partial charge on any atom is -0.368 e. The molecule has 0 aliphatic carbocycles. The zero-order chi connectivity index (χ0) is 24.2. The molecule has 34 heavy (non-hydrogen) atoms. The van der Waals surface area contributed by atoms with Crippen molar-refractivity contribution >= 4 is 17.7 Å². The first-order chi connectivity index (χ1) is 16.3. The smallest absolute Gasteiger partial charge is 0.225 e. The van der Waals surface area contributed by atoms with Gasteiger partial charge in [0.1, 0.15) is 23.5 Å². The van der Waals surface area contributed by atoms with E-state index >= 15 is 0 Å². The lowest BCUT2D eigenvalue weighted by atomic mass is 9.92. The fourth-order valence-corrected chi connectivity index (χ4v) is 4.09. The molecule has 3 N–H and O–H groups in total. The molecule has 1 aliphatic heterocycles. The van der Waals surface area contributed by atoms with E-state index in [0.29, 0.717) is 30.2 Å². The van der Waals surface area contributed by atoms with Crippen LogP contribution in [0.25, 0.3) is 11.3 Å². The SMILES string of the molecule is C[C@@H]1CC[C@H](C(=O)NCc2ccc(F)cc2)CN1c1cc(-c2ccc(C#N)c(F)c2)nc(N)n1. The van der Waals surface area contributed by atoms with E-state index < -0.39 is 5.82 Å². The Balaban J connectivity index is 1.51. The van der Waals surface area contributed by atoms with Gasteiger partial charge in [-0.15, -0.1) is 0 Å². The van der Waals surface area contributed by atoms with Crippen LogP contribution in [0.15, 0.2) is 48.5 Å². The van der Waals surface area contributed by atoms with Crippen LogP contribution in [0.1, 0.15) is 30.9 Å². The number of carbonyl (C=O) groups excluding carboxylic acids is 1. The molecule has 1 aliphatic rings. The lowest BCUT2D eigenvalue weighted by Crippen LogP contribution is -2.47. The van der Waals surface area contributed by atoms with Gasteiger partial charge in [0.2, 0.25) is 11.9 Å². The van der Waals surface area contributed by atoms with Gasteiger partial charge in [-0.2, -0.15) is 10.2 Å². The summed E-state index contributed by atoms with van der Waals surface area (Å²) >= 11 is 0. The van der Waals surface area contributed by atoms with Crippen LogP contribution in [0.5, 0.6) is 0 Å². The summed E-state index contributed by atoms with van der Waals surface area (Å²) in [4.78, 5) is 23.4. The Kier molecular flexibility index (Phi) is 6.68. The van der Waals surface area contributed by atoms with Crippen molar-refractivity contribution in [3.05, 3.63) is 71.3 Å². The second-order valence-corrected chi connectivity index (χ2v) is 8.40. The molecule has 0 saturated carbocycles. The lowest BCUT2D eigenvalue weighted by Gasteiger charge is -2.38. The van der Waals surface area contributed by atoms with Crippen molar-refractivity contribution in [3.63, 3.8) is 0 Å². The van der Waals surface area contributed by atoms with Gasteiger partial charge in [0.25, 0.3) is 0 Å². The first-order valence-corrected chi connectivity index (χ1v) is 11.0. The lowest BCUT2D eigenvalue weighted by molar-refractivity contribution is -0.125. The highest BCUT2D eigenvalue weighted by molar-refractivity contribution is 5.79. The topological polar surface area (TPSA) is 108 Å². The predicted molar refractivity (Wildman–Crippen MR) is 124 cm³/mol. The molecule has 1 aromatic heterocycles. The fraction of sp³-hybridized carbons (Fsp3) is 0.280. The summed E-state index contributed by atoms with van der Waals surface area (Å²) in [5.74, 6) is -0.716. The Hall–Kier alpha value is -4.06. The zero-order valence-corrected chi connectivity index (χ0v) is 18.6. The molecule has 9 heteroatoms. The van der Waals surface area contributed by atoms with Gasteiger partial charge in [-0.3, -0.25) is 4.79 Å². The average molecular weight is 463 g/mol. The molecule has 0 radical (unpaired) electrons. The Morgan fingerprint density at radius 2 is 1.94 bits per heavy atom. The third-order valence-corrected chi connectivity index (χ3v) is 6.04. The Labute approximate surface area is 196 Å². The molecule has 3 aromatic rings. The molecular weight excluding hydrogens is 438 g/mol. The van der Waals surface area contributed by atoms with Crippen molar-refractivity contribution in [1.29, 1.82) is 5.26 Å². The van der Waals surface area contributed by atoms with E-state index in [2.05, 4.69) is 15.3 Å². The van der Waals surface area contributed by atoms with E-state index in [1.165, 1.54) is 24.3 Å². The van der Waals surface area contributed by atoms with Crippen molar-refractivity contribution in [2.24, 2.45) is 5.92 Å². The van der Waals surface area contributed by atoms with Gasteiger partial charge in [0.05, 0.1) is 17.2 Å². The Morgan fingerprint density at radius 3 is 2.65 bits per heavy atom. The summed E-state index contributed by atoms with van der Waals surface area (Å²) in [6, 6.07) is 13.9. The number of nitrogens with one attached hydrogen (secondary N) is 1. The number of rotatable bonds is 5. The number of anilines is 2. The number of aromatic nitrogens is 2. The quantitative estimate of drug-likeness (QED) is 0.597. The molecule has 2 atom stereocenters. The molecule has 4 rings (SSSR count). The number of nitrogen functional groups attached to an aromatic ring is 1. The molecule has 7 nitrogen and oxygen atoms in total. The van der Waals surface area contributed by atoms with E-state index in [-0.39, 0.29) is 35.2 Å². The molecule has 2 heterocycles. The number of hydrogen-bond donors (Lipinski definition) is 2. The predicted octanol–water partition coefficient (Wildman–Crippen LogP) is 3.80. The maximum atomic E-state index is 14.1. The van der Waals surface area contributed by atoms with E-state index in [9.17, 15) is 13.6 Å². The number of nitrogens with zero attached hydrogens (tertiary/aromatic N) is 4. The van der Waals surface area contributed by atoms with Crippen LogP contribution in [-0.4, -0.2) is 28.5 Å². The van der Waals surface area contributed by atoms with Crippen molar-refractivity contribution in [1.82, 2.24) is 15.3 Å². The first-order valence-electron chi connectivity index (χ1n) is 11.0. The van der Waals surface area contributed by atoms with Crippen LogP contribution >= 0.6 is 0 Å². The fourth-order valence-electron chi connectivity index (χ4n) is 4.09. The third-order valence-electron chi connectivity index (χ3n) is 6.04. The molecular formula is C25H24F2N6O. The van der Waals surface area contributed by atoms with Crippen molar-refractivity contribution < 1.29 is 13.6 Å². The van der Waals surface area contributed by atoms with Crippen molar-refractivity contribution in [2.45, 2.75) is 32.4 Å². The third kappa shape index (κ3) is 5.12. The highest BCUT2D eigenvalue weighted by Crippen LogP contribution is 2.30. The molecule has 1 amide bonds. The van der Waals surface area contributed by atoms with E-state index in [0.717, 1.165) is 18.4 Å². The monoisotopic (exact) mass is 462 g/mol. The number of nitriles is 1. The number of hydrogen-bond acceptors (Lipinski definition) is 6. The molecule has 0 unspecified atom stereocenters. The van der Waals surface area contributed by atoms with Gasteiger partial charge in [-0.05, 0) is 49.6 Å². The normalized spacial score (nSPS) is 17.8. The number of carbonyl (C=O) groups is 1. The highest BCUT2D eigenvalue weighted by atomic mass is 19.1. The maximum Gasteiger partial charge on any atom is 0.225 e. The van der Waals surface area contributed by atoms with Crippen LogP contribution in [0.2, 0.25) is 0 Å². The van der Waals surface area contributed by atoms with E-state index in [1.54, 1.807) is 30.3 Å². The molecule has 1 saturated heterocycles. The van der Waals surface area contributed by atoms with Crippen LogP contribution in [0.4, 0.5) is 20.5 Å². The second kappa shape index (κ2) is 9.83. The minimum atomic E-state index is -0.636. The molecule has 174 valence electrons. The Bertz CT molecular complexity index is 1240. The molecule has 0 bridgehead atoms. The Morgan fingerprint density at radius 1 is 1.18 bits per heavy atom. The zero-order valence-electron chi connectivity index (χ0n) is 18.6. The number of amides is 1. The van der Waals surface area contributed by atoms with Gasteiger partial charge >= 0.3 is 0 Å². The number of benzene rings is 2. The summed E-state index contributed by atoms with van der Waals surface area (Å²) in [6.07, 6.45) is 1.50. The molecule has 0 spiro atoms. The van der Waals surface area contributed by atoms with Gasteiger partial charge in [-0.25, -0.2) is 13.8 Å². The van der Waals surface area contributed by atoms with Crippen LogP contribution in [-0.2, 0) is 11.3 Å². The minimum absolute atomic E-state index is 0.0346. The number of halogens is 2. The summed E-state index contributed by atoms with van der Waals surface area (Å²) in [5.41, 5.74) is 7.64. The molecule has 1 fully saturated rings. The summed E-state index contributed by atoms with van der Waals surface area (Å²) in [7, 11) is 0. The summed E-state index contributed by atoms with van der Waals surface area (Å²) in [6.45, 7) is 2.81. The highest BCUT2D eigenvalue weighted by Gasteiger charge is 2.31. The molecule has 2 aromatic carbocycles. The standard InChI is InChI=1S/C25H24F2N6O/c1-15-2-5-19(24(34)30-13-16-3-8-20(26)9-4-16)14-33(15)23-11-22(31-25(29)32-23)17-6-7-18(12-28)21(27)10-17/h3-4,6-11,15,19H,2,5,13-14H2,1H3,(H,30,34)(H2,29,31,32)/t15-,19+/m1/s1. The van der Waals surface area contributed by atoms with Gasteiger partial charge in [0.15, 0.2) is 0 Å². The van der Waals surface area contributed by atoms with Gasteiger partial charge in [-0.1, -0.05) is 18.2 Å².